The van der Waals surface area contributed by atoms with E-state index in [1.54, 1.807) is 0 Å². The first-order chi connectivity index (χ1) is 8.56. The van der Waals surface area contributed by atoms with Crippen LogP contribution in [0.3, 0.4) is 0 Å². The van der Waals surface area contributed by atoms with Gasteiger partial charge in [0.1, 0.15) is 11.3 Å². The molecule has 0 saturated heterocycles. The maximum absolute atomic E-state index is 13.5. The summed E-state index contributed by atoms with van der Waals surface area (Å²) in [5, 5.41) is 4.10. The summed E-state index contributed by atoms with van der Waals surface area (Å²) >= 11 is 0. The number of fused-ring (bicyclic) bond motifs is 2. The maximum atomic E-state index is 13.5. The van der Waals surface area contributed by atoms with Crippen LogP contribution in [-0.2, 0) is 0 Å². The van der Waals surface area contributed by atoms with E-state index >= 15 is 0 Å². The van der Waals surface area contributed by atoms with E-state index in [1.165, 1.54) is 0 Å². The van der Waals surface area contributed by atoms with E-state index in [-0.39, 0.29) is 22.1 Å². The highest BCUT2D eigenvalue weighted by atomic mass is 19.1. The van der Waals surface area contributed by atoms with Gasteiger partial charge in [-0.25, -0.2) is 18.7 Å². The first kappa shape index (κ1) is 10.5. The van der Waals surface area contributed by atoms with Crippen molar-refractivity contribution in [2.75, 3.05) is 0 Å². The Bertz CT molecular complexity index is 900. The lowest BCUT2D eigenvalue weighted by molar-refractivity contribution is 0.590. The van der Waals surface area contributed by atoms with Crippen LogP contribution in [0, 0.1) is 11.6 Å². The third-order valence-corrected chi connectivity index (χ3v) is 2.41. The SMILES string of the molecule is O=c1[nH][nH]c(=O)c2nc3c(F)cc(F)cc3nc12. The minimum Gasteiger partial charge on any atom is -0.266 e. The predicted octanol–water partition coefficient (Wildman–Crippen LogP) is 0.438. The Morgan fingerprint density at radius 3 is 2.17 bits per heavy atom. The quantitative estimate of drug-likeness (QED) is 0.566. The average molecular weight is 250 g/mol. The van der Waals surface area contributed by atoms with Gasteiger partial charge in [0.05, 0.1) is 5.52 Å². The smallest absolute Gasteiger partial charge is 0.266 e. The standard InChI is InChI=1S/C10H4F2N4O2/c11-3-1-4(12)6-5(2-3)13-7-8(14-6)10(18)16-15-9(7)17/h1-2H,(H,15,17)(H,16,18). The molecule has 0 saturated carbocycles. The normalized spacial score (nSPS) is 11.2. The van der Waals surface area contributed by atoms with E-state index < -0.39 is 22.8 Å². The molecule has 0 aliphatic heterocycles. The van der Waals surface area contributed by atoms with Crippen LogP contribution >= 0.6 is 0 Å². The molecule has 2 N–H and O–H groups in total. The largest absolute Gasteiger partial charge is 0.290 e. The molecule has 2 aromatic heterocycles. The second-order valence-electron chi connectivity index (χ2n) is 3.58. The van der Waals surface area contributed by atoms with Crippen molar-refractivity contribution < 1.29 is 8.78 Å². The van der Waals surface area contributed by atoms with Gasteiger partial charge in [-0.05, 0) is 0 Å². The summed E-state index contributed by atoms with van der Waals surface area (Å²) < 4.78 is 26.5. The van der Waals surface area contributed by atoms with E-state index in [0.29, 0.717) is 6.07 Å². The summed E-state index contributed by atoms with van der Waals surface area (Å²) in [7, 11) is 0. The van der Waals surface area contributed by atoms with Crippen molar-refractivity contribution in [3.8, 4) is 0 Å². The molecule has 2 heterocycles. The van der Waals surface area contributed by atoms with Gasteiger partial charge in [0, 0.05) is 12.1 Å². The first-order valence-corrected chi connectivity index (χ1v) is 4.84. The number of nitrogens with zero attached hydrogens (tertiary/aromatic N) is 2. The minimum atomic E-state index is -0.945. The summed E-state index contributed by atoms with van der Waals surface area (Å²) in [6.45, 7) is 0. The molecule has 0 unspecified atom stereocenters. The molecule has 3 aromatic rings. The zero-order valence-corrected chi connectivity index (χ0v) is 8.62. The molecule has 0 atom stereocenters. The highest BCUT2D eigenvalue weighted by molar-refractivity contribution is 5.85. The van der Waals surface area contributed by atoms with Crippen LogP contribution in [0.5, 0.6) is 0 Å². The van der Waals surface area contributed by atoms with Crippen LogP contribution in [0.4, 0.5) is 8.78 Å². The molecular weight excluding hydrogens is 246 g/mol. The first-order valence-electron chi connectivity index (χ1n) is 4.84. The van der Waals surface area contributed by atoms with Gasteiger partial charge in [-0.15, -0.1) is 0 Å². The summed E-state index contributed by atoms with van der Waals surface area (Å²) in [6.07, 6.45) is 0. The fraction of sp³-hybridized carbons (Fsp3) is 0. The van der Waals surface area contributed by atoms with Crippen LogP contribution in [0.1, 0.15) is 0 Å². The van der Waals surface area contributed by atoms with E-state index in [0.717, 1.165) is 6.07 Å². The Hall–Kier alpha value is -2.64. The van der Waals surface area contributed by atoms with Crippen LogP contribution in [0.2, 0.25) is 0 Å². The summed E-state index contributed by atoms with van der Waals surface area (Å²) in [5.41, 5.74) is -2.35. The molecular formula is C10H4F2N4O2. The number of H-pyrrole nitrogens is 2. The highest BCUT2D eigenvalue weighted by Crippen LogP contribution is 2.16. The van der Waals surface area contributed by atoms with Crippen LogP contribution < -0.4 is 11.1 Å². The van der Waals surface area contributed by atoms with E-state index in [1.807, 2.05) is 5.10 Å². The number of hydrogen-bond donors (Lipinski definition) is 2. The molecule has 90 valence electrons. The summed E-state index contributed by atoms with van der Waals surface area (Å²) in [4.78, 5) is 30.3. The van der Waals surface area contributed by atoms with Crippen molar-refractivity contribution in [2.45, 2.75) is 0 Å². The van der Waals surface area contributed by atoms with Crippen molar-refractivity contribution in [3.05, 3.63) is 44.5 Å². The second kappa shape index (κ2) is 3.42. The van der Waals surface area contributed by atoms with Crippen molar-refractivity contribution in [1.82, 2.24) is 20.2 Å². The molecule has 6 nitrogen and oxygen atoms in total. The third-order valence-electron chi connectivity index (χ3n) is 2.41. The molecule has 0 aliphatic rings. The molecule has 0 bridgehead atoms. The van der Waals surface area contributed by atoms with Crippen LogP contribution in [-0.4, -0.2) is 20.2 Å². The van der Waals surface area contributed by atoms with Crippen molar-refractivity contribution in [1.29, 1.82) is 0 Å². The monoisotopic (exact) mass is 250 g/mol. The van der Waals surface area contributed by atoms with Crippen molar-refractivity contribution in [3.63, 3.8) is 0 Å². The number of nitrogens with one attached hydrogen (secondary N) is 2. The maximum Gasteiger partial charge on any atom is 0.290 e. The van der Waals surface area contributed by atoms with E-state index in [4.69, 9.17) is 0 Å². The minimum absolute atomic E-state index is 0.129. The molecule has 0 amide bonds. The van der Waals surface area contributed by atoms with Crippen molar-refractivity contribution >= 4 is 22.1 Å². The van der Waals surface area contributed by atoms with Gasteiger partial charge < -0.3 is 0 Å². The zero-order valence-electron chi connectivity index (χ0n) is 8.62. The molecule has 3 rings (SSSR count). The fourth-order valence-electron chi connectivity index (χ4n) is 1.64. The number of benzene rings is 1. The van der Waals surface area contributed by atoms with E-state index in [9.17, 15) is 18.4 Å². The van der Waals surface area contributed by atoms with Crippen LogP contribution in [0.15, 0.2) is 21.7 Å². The second-order valence-corrected chi connectivity index (χ2v) is 3.58. The molecule has 0 aliphatic carbocycles. The Balaban J connectivity index is 2.64. The van der Waals surface area contributed by atoms with Gasteiger partial charge in [-0.1, -0.05) is 0 Å². The molecule has 1 aromatic carbocycles. The predicted molar refractivity (Wildman–Crippen MR) is 58.2 cm³/mol. The summed E-state index contributed by atoms with van der Waals surface area (Å²) in [6, 6.07) is 1.57. The Morgan fingerprint density at radius 2 is 1.50 bits per heavy atom. The lowest BCUT2D eigenvalue weighted by Gasteiger charge is -2.00. The number of aromatic amines is 2. The lowest BCUT2D eigenvalue weighted by atomic mass is 10.2. The third kappa shape index (κ3) is 1.39. The highest BCUT2D eigenvalue weighted by Gasteiger charge is 2.12. The molecule has 0 radical (unpaired) electrons. The Morgan fingerprint density at radius 1 is 0.889 bits per heavy atom. The van der Waals surface area contributed by atoms with Gasteiger partial charge >= 0.3 is 0 Å². The van der Waals surface area contributed by atoms with Gasteiger partial charge in [0.2, 0.25) is 0 Å². The topological polar surface area (TPSA) is 91.5 Å². The van der Waals surface area contributed by atoms with Gasteiger partial charge in [-0.3, -0.25) is 19.8 Å². The van der Waals surface area contributed by atoms with E-state index in [2.05, 4.69) is 15.1 Å². The lowest BCUT2D eigenvalue weighted by Crippen LogP contribution is -2.21. The molecule has 0 spiro atoms. The van der Waals surface area contributed by atoms with Crippen LogP contribution in [0.25, 0.3) is 22.1 Å². The molecule has 8 heteroatoms. The van der Waals surface area contributed by atoms with Crippen molar-refractivity contribution in [2.24, 2.45) is 0 Å². The number of hydrogen-bond acceptors (Lipinski definition) is 4. The number of halogens is 2. The number of rotatable bonds is 0. The summed E-state index contributed by atoms with van der Waals surface area (Å²) in [5.74, 6) is -1.78. The van der Waals surface area contributed by atoms with Gasteiger partial charge in [-0.2, -0.15) is 0 Å². The van der Waals surface area contributed by atoms with Gasteiger partial charge in [0.25, 0.3) is 11.1 Å². The fourth-order valence-corrected chi connectivity index (χ4v) is 1.64. The molecule has 0 fully saturated rings. The zero-order chi connectivity index (χ0) is 12.9. The Labute approximate surface area is 96.3 Å². The number of aromatic nitrogens is 4. The molecule has 18 heavy (non-hydrogen) atoms. The average Bonchev–Trinajstić information content (AvgIpc) is 2.32. The Kier molecular flexibility index (Phi) is 2.00. The van der Waals surface area contributed by atoms with Gasteiger partial charge in [0.15, 0.2) is 16.9 Å².